The Morgan fingerprint density at radius 1 is 1.38 bits per heavy atom. The van der Waals surface area contributed by atoms with Crippen molar-refractivity contribution < 1.29 is 24.9 Å². The van der Waals surface area contributed by atoms with Crippen LogP contribution in [0.25, 0.3) is 0 Å². The summed E-state index contributed by atoms with van der Waals surface area (Å²) in [5.41, 5.74) is 0. The van der Waals surface area contributed by atoms with Gasteiger partial charge in [0.25, 0.3) is 0 Å². The Morgan fingerprint density at radius 3 is 2.54 bits per heavy atom. The minimum Gasteiger partial charge on any atom is -0.468 e. The van der Waals surface area contributed by atoms with E-state index in [0.717, 1.165) is 0 Å². The van der Waals surface area contributed by atoms with Gasteiger partial charge in [0.1, 0.15) is 18.2 Å². The van der Waals surface area contributed by atoms with Gasteiger partial charge in [0.15, 0.2) is 0 Å². The van der Waals surface area contributed by atoms with Gasteiger partial charge in [-0.3, -0.25) is 10.1 Å². The van der Waals surface area contributed by atoms with Crippen molar-refractivity contribution in [3.8, 4) is 0 Å². The predicted octanol–water partition coefficient (Wildman–Crippen LogP) is -2.79. The van der Waals surface area contributed by atoms with Gasteiger partial charge in [-0.15, -0.1) is 0 Å². The molecule has 0 unspecified atom stereocenters. The number of aliphatic hydroxyl groups excluding tert-OH is 3. The number of carbonyl (C=O) groups excluding carboxylic acids is 1. The maximum atomic E-state index is 11.0. The summed E-state index contributed by atoms with van der Waals surface area (Å²) < 4.78 is 4.39. The molecule has 4 atom stereocenters. The number of hydrogen-bond donors (Lipinski definition) is 4. The standard InChI is InChI=1S/C7H13NO5/c1-13-7(12)4-6(11)5(10)3(9)2-8-4/h3-6,8-11H,2H2,1H3/t3-,4+,5-,6-/m1/s1. The molecular formula is C7H13NO5. The van der Waals surface area contributed by atoms with Gasteiger partial charge in [-0.25, -0.2) is 0 Å². The van der Waals surface area contributed by atoms with Gasteiger partial charge in [0.05, 0.1) is 13.2 Å². The molecular weight excluding hydrogens is 178 g/mol. The Kier molecular flexibility index (Phi) is 3.21. The Hall–Kier alpha value is -0.690. The van der Waals surface area contributed by atoms with Crippen LogP contribution in [0.2, 0.25) is 0 Å². The second-order valence-electron chi connectivity index (χ2n) is 2.96. The molecule has 0 aromatic heterocycles. The highest BCUT2D eigenvalue weighted by Crippen LogP contribution is 2.11. The monoisotopic (exact) mass is 191 g/mol. The topological polar surface area (TPSA) is 99.0 Å². The largest absolute Gasteiger partial charge is 0.468 e. The van der Waals surface area contributed by atoms with Gasteiger partial charge in [-0.05, 0) is 0 Å². The molecule has 6 heteroatoms. The molecule has 6 nitrogen and oxygen atoms in total. The van der Waals surface area contributed by atoms with Crippen LogP contribution in [-0.4, -0.2) is 59.3 Å². The van der Waals surface area contributed by atoms with E-state index < -0.39 is 30.3 Å². The molecule has 0 spiro atoms. The lowest BCUT2D eigenvalue weighted by molar-refractivity contribution is -0.156. The maximum Gasteiger partial charge on any atom is 0.325 e. The maximum absolute atomic E-state index is 11.0. The van der Waals surface area contributed by atoms with E-state index in [-0.39, 0.29) is 6.54 Å². The summed E-state index contributed by atoms with van der Waals surface area (Å²) in [7, 11) is 1.19. The molecule has 0 aliphatic carbocycles. The average Bonchev–Trinajstić information content (AvgIpc) is 2.13. The number of aliphatic hydroxyl groups is 3. The van der Waals surface area contributed by atoms with Crippen LogP contribution < -0.4 is 5.32 Å². The average molecular weight is 191 g/mol. The summed E-state index contributed by atoms with van der Waals surface area (Å²) in [6, 6.07) is -0.969. The van der Waals surface area contributed by atoms with E-state index in [2.05, 4.69) is 10.1 Å². The molecule has 0 bridgehead atoms. The minimum absolute atomic E-state index is 0.0536. The molecule has 0 saturated carbocycles. The summed E-state index contributed by atoms with van der Waals surface area (Å²) in [6.45, 7) is 0.0536. The first-order chi connectivity index (χ1) is 6.07. The molecule has 1 aliphatic rings. The van der Waals surface area contributed by atoms with Crippen LogP contribution in [-0.2, 0) is 9.53 Å². The quantitative estimate of drug-likeness (QED) is 0.334. The second kappa shape index (κ2) is 4.01. The normalized spacial score (nSPS) is 40.0. The van der Waals surface area contributed by atoms with E-state index in [9.17, 15) is 15.0 Å². The number of β-amino-alcohol motifs (C(OH)–C–C–N with tert-alkyl or cyclic N) is 1. The number of ether oxygens (including phenoxy) is 1. The molecule has 1 fully saturated rings. The van der Waals surface area contributed by atoms with Gasteiger partial charge in [-0.2, -0.15) is 0 Å². The zero-order chi connectivity index (χ0) is 10.0. The molecule has 1 heterocycles. The number of methoxy groups -OCH3 is 1. The zero-order valence-corrected chi connectivity index (χ0v) is 7.17. The fourth-order valence-electron chi connectivity index (χ4n) is 1.26. The predicted molar refractivity (Wildman–Crippen MR) is 41.8 cm³/mol. The van der Waals surface area contributed by atoms with E-state index in [0.29, 0.717) is 0 Å². The number of carbonyl (C=O) groups is 1. The highest BCUT2D eigenvalue weighted by Gasteiger charge is 2.40. The lowest BCUT2D eigenvalue weighted by Gasteiger charge is -2.34. The van der Waals surface area contributed by atoms with Crippen molar-refractivity contribution in [1.29, 1.82) is 0 Å². The molecule has 1 aliphatic heterocycles. The summed E-state index contributed by atoms with van der Waals surface area (Å²) >= 11 is 0. The smallest absolute Gasteiger partial charge is 0.325 e. The highest BCUT2D eigenvalue weighted by atomic mass is 16.5. The molecule has 1 saturated heterocycles. The second-order valence-corrected chi connectivity index (χ2v) is 2.96. The van der Waals surface area contributed by atoms with Crippen molar-refractivity contribution in [3.05, 3.63) is 0 Å². The van der Waals surface area contributed by atoms with Gasteiger partial charge in [0, 0.05) is 6.54 Å². The molecule has 0 aromatic rings. The van der Waals surface area contributed by atoms with Crippen molar-refractivity contribution in [2.45, 2.75) is 24.4 Å². The summed E-state index contributed by atoms with van der Waals surface area (Å²) in [6.07, 6.45) is -3.71. The number of hydrogen-bond acceptors (Lipinski definition) is 6. The lowest BCUT2D eigenvalue weighted by Crippen LogP contribution is -2.62. The van der Waals surface area contributed by atoms with E-state index in [1.807, 2.05) is 0 Å². The molecule has 4 N–H and O–H groups in total. The van der Waals surface area contributed by atoms with Crippen LogP contribution in [0.5, 0.6) is 0 Å². The fourth-order valence-corrected chi connectivity index (χ4v) is 1.26. The van der Waals surface area contributed by atoms with E-state index in [1.54, 1.807) is 0 Å². The molecule has 0 amide bonds. The van der Waals surface area contributed by atoms with E-state index in [1.165, 1.54) is 7.11 Å². The van der Waals surface area contributed by atoms with Crippen LogP contribution in [0.15, 0.2) is 0 Å². The Bertz CT molecular complexity index is 197. The Balaban J connectivity index is 2.63. The minimum atomic E-state index is -1.34. The summed E-state index contributed by atoms with van der Waals surface area (Å²) in [5, 5.41) is 30.2. The van der Waals surface area contributed by atoms with Gasteiger partial charge < -0.3 is 20.1 Å². The summed E-state index contributed by atoms with van der Waals surface area (Å²) in [4.78, 5) is 11.0. The van der Waals surface area contributed by atoms with Crippen LogP contribution in [0.1, 0.15) is 0 Å². The van der Waals surface area contributed by atoms with Gasteiger partial charge >= 0.3 is 5.97 Å². The third-order valence-electron chi connectivity index (χ3n) is 2.09. The first-order valence-electron chi connectivity index (χ1n) is 3.93. The van der Waals surface area contributed by atoms with Crippen LogP contribution >= 0.6 is 0 Å². The van der Waals surface area contributed by atoms with Crippen molar-refractivity contribution in [1.82, 2.24) is 5.32 Å². The number of esters is 1. The first-order valence-corrected chi connectivity index (χ1v) is 3.93. The molecule has 13 heavy (non-hydrogen) atoms. The molecule has 0 aromatic carbocycles. The number of piperidine rings is 1. The van der Waals surface area contributed by atoms with Gasteiger partial charge in [-0.1, -0.05) is 0 Å². The van der Waals surface area contributed by atoms with Gasteiger partial charge in [0.2, 0.25) is 0 Å². The van der Waals surface area contributed by atoms with Crippen LogP contribution in [0.3, 0.4) is 0 Å². The van der Waals surface area contributed by atoms with Crippen LogP contribution in [0, 0.1) is 0 Å². The number of rotatable bonds is 1. The fraction of sp³-hybridized carbons (Fsp3) is 0.857. The van der Waals surface area contributed by atoms with E-state index >= 15 is 0 Å². The molecule has 76 valence electrons. The number of nitrogens with one attached hydrogen (secondary N) is 1. The van der Waals surface area contributed by atoms with Crippen molar-refractivity contribution >= 4 is 5.97 Å². The SMILES string of the molecule is COC(=O)[C@H]1NC[C@@H](O)[C@@H](O)[C@@H]1O. The van der Waals surface area contributed by atoms with Crippen molar-refractivity contribution in [2.75, 3.05) is 13.7 Å². The van der Waals surface area contributed by atoms with Crippen molar-refractivity contribution in [3.63, 3.8) is 0 Å². The molecule has 0 radical (unpaired) electrons. The first kappa shape index (κ1) is 10.4. The zero-order valence-electron chi connectivity index (χ0n) is 7.17. The van der Waals surface area contributed by atoms with Crippen molar-refractivity contribution in [2.24, 2.45) is 0 Å². The highest BCUT2D eigenvalue weighted by molar-refractivity contribution is 5.76. The molecule has 1 rings (SSSR count). The summed E-state index contributed by atoms with van der Waals surface area (Å²) in [5.74, 6) is -0.654. The Morgan fingerprint density at radius 2 is 2.00 bits per heavy atom. The third-order valence-corrected chi connectivity index (χ3v) is 2.09. The van der Waals surface area contributed by atoms with E-state index in [4.69, 9.17) is 5.11 Å². The lowest BCUT2D eigenvalue weighted by atomic mass is 9.96. The van der Waals surface area contributed by atoms with Crippen LogP contribution in [0.4, 0.5) is 0 Å². The third kappa shape index (κ3) is 1.97. The Labute approximate surface area is 75.1 Å².